The van der Waals surface area contributed by atoms with Gasteiger partial charge in [-0.1, -0.05) is 6.07 Å². The van der Waals surface area contributed by atoms with Crippen molar-refractivity contribution in [3.8, 4) is 11.3 Å². The van der Waals surface area contributed by atoms with E-state index < -0.39 is 0 Å². The Kier molecular flexibility index (Phi) is 2.14. The molecule has 2 aromatic rings. The van der Waals surface area contributed by atoms with Crippen LogP contribution in [0.5, 0.6) is 0 Å². The largest absolute Gasteiger partial charge is 0.328 e. The fourth-order valence-electron chi connectivity index (χ4n) is 1.27. The maximum atomic E-state index is 10.8. The Morgan fingerprint density at radius 3 is 2.71 bits per heavy atom. The molecule has 0 fully saturated rings. The molecule has 0 aromatic carbocycles. The van der Waals surface area contributed by atoms with Crippen LogP contribution in [0.4, 0.5) is 0 Å². The molecule has 3 heteroatoms. The summed E-state index contributed by atoms with van der Waals surface area (Å²) in [4.78, 5) is 17.8. The first-order valence-corrected chi connectivity index (χ1v) is 4.38. The summed E-state index contributed by atoms with van der Waals surface area (Å²) in [5, 5.41) is 0. The van der Waals surface area contributed by atoms with Crippen molar-refractivity contribution in [1.29, 1.82) is 0 Å². The topological polar surface area (TPSA) is 45.8 Å². The lowest BCUT2D eigenvalue weighted by Crippen LogP contribution is -2.01. The Morgan fingerprint density at radius 1 is 1.21 bits per heavy atom. The van der Waals surface area contributed by atoms with Crippen molar-refractivity contribution in [3.05, 3.63) is 52.6 Å². The molecule has 0 aliphatic carbocycles. The molecule has 3 nitrogen and oxygen atoms in total. The van der Waals surface area contributed by atoms with Crippen LogP contribution in [0, 0.1) is 6.92 Å². The first kappa shape index (κ1) is 8.69. The quantitative estimate of drug-likeness (QED) is 0.737. The van der Waals surface area contributed by atoms with E-state index in [1.807, 2.05) is 25.1 Å². The van der Waals surface area contributed by atoms with Gasteiger partial charge in [-0.3, -0.25) is 9.78 Å². The van der Waals surface area contributed by atoms with Crippen LogP contribution in [0.1, 0.15) is 5.69 Å². The number of H-pyrrole nitrogens is 1. The highest BCUT2D eigenvalue weighted by molar-refractivity contribution is 5.57. The van der Waals surface area contributed by atoms with Crippen LogP contribution in [-0.2, 0) is 0 Å². The Balaban J connectivity index is 2.49. The van der Waals surface area contributed by atoms with Gasteiger partial charge in [-0.25, -0.2) is 0 Å². The predicted molar refractivity (Wildman–Crippen MR) is 55.0 cm³/mol. The van der Waals surface area contributed by atoms with Gasteiger partial charge in [-0.2, -0.15) is 0 Å². The SMILES string of the molecule is Cc1cccc(-c2ccc(=O)[nH]c2)n1. The number of aromatic amines is 1. The Hall–Kier alpha value is -1.90. The predicted octanol–water partition coefficient (Wildman–Crippen LogP) is 1.75. The third-order valence-corrected chi connectivity index (χ3v) is 1.97. The molecule has 70 valence electrons. The number of aryl methyl sites for hydroxylation is 1. The van der Waals surface area contributed by atoms with E-state index in [0.717, 1.165) is 17.0 Å². The average molecular weight is 186 g/mol. The van der Waals surface area contributed by atoms with Crippen molar-refractivity contribution < 1.29 is 0 Å². The fourth-order valence-corrected chi connectivity index (χ4v) is 1.27. The standard InChI is InChI=1S/C11H10N2O/c1-8-3-2-4-10(13-8)9-5-6-11(14)12-7-9/h2-7H,1H3,(H,12,14). The lowest BCUT2D eigenvalue weighted by Gasteiger charge is -2.00. The maximum absolute atomic E-state index is 10.8. The molecule has 0 saturated carbocycles. The van der Waals surface area contributed by atoms with Crippen molar-refractivity contribution in [2.75, 3.05) is 0 Å². The van der Waals surface area contributed by atoms with E-state index in [4.69, 9.17) is 0 Å². The van der Waals surface area contributed by atoms with E-state index in [0.29, 0.717) is 0 Å². The molecule has 14 heavy (non-hydrogen) atoms. The summed E-state index contributed by atoms with van der Waals surface area (Å²) >= 11 is 0. The minimum absolute atomic E-state index is 0.0959. The zero-order valence-electron chi connectivity index (χ0n) is 7.82. The van der Waals surface area contributed by atoms with Crippen molar-refractivity contribution in [1.82, 2.24) is 9.97 Å². The molecule has 1 N–H and O–H groups in total. The molecule has 0 bridgehead atoms. The number of hydrogen-bond acceptors (Lipinski definition) is 2. The van der Waals surface area contributed by atoms with Crippen molar-refractivity contribution in [2.24, 2.45) is 0 Å². The Morgan fingerprint density at radius 2 is 2.07 bits per heavy atom. The Labute approximate surface area is 81.5 Å². The van der Waals surface area contributed by atoms with Crippen LogP contribution in [0.25, 0.3) is 11.3 Å². The highest BCUT2D eigenvalue weighted by atomic mass is 16.1. The lowest BCUT2D eigenvalue weighted by atomic mass is 10.2. The van der Waals surface area contributed by atoms with Gasteiger partial charge in [0.05, 0.1) is 5.69 Å². The third kappa shape index (κ3) is 1.71. The van der Waals surface area contributed by atoms with E-state index in [1.54, 1.807) is 12.3 Å². The van der Waals surface area contributed by atoms with E-state index >= 15 is 0 Å². The van der Waals surface area contributed by atoms with Crippen LogP contribution in [0.2, 0.25) is 0 Å². The maximum Gasteiger partial charge on any atom is 0.247 e. The number of pyridine rings is 2. The zero-order chi connectivity index (χ0) is 9.97. The van der Waals surface area contributed by atoms with Gasteiger partial charge < -0.3 is 4.98 Å². The van der Waals surface area contributed by atoms with E-state index in [1.165, 1.54) is 6.07 Å². The molecule has 0 unspecified atom stereocenters. The lowest BCUT2D eigenvalue weighted by molar-refractivity contribution is 1.18. The molecule has 2 aromatic heterocycles. The van der Waals surface area contributed by atoms with Gasteiger partial charge in [0.1, 0.15) is 0 Å². The molecule has 0 atom stereocenters. The molecular formula is C11H10N2O. The first-order valence-electron chi connectivity index (χ1n) is 4.38. The van der Waals surface area contributed by atoms with Crippen LogP contribution < -0.4 is 5.56 Å². The highest BCUT2D eigenvalue weighted by Gasteiger charge is 1.98. The molecular weight excluding hydrogens is 176 g/mol. The van der Waals surface area contributed by atoms with Gasteiger partial charge in [0, 0.05) is 23.5 Å². The van der Waals surface area contributed by atoms with E-state index in [-0.39, 0.29) is 5.56 Å². The monoisotopic (exact) mass is 186 g/mol. The van der Waals surface area contributed by atoms with Crippen molar-refractivity contribution in [3.63, 3.8) is 0 Å². The molecule has 0 aliphatic heterocycles. The molecule has 0 amide bonds. The molecule has 0 saturated heterocycles. The number of hydrogen-bond donors (Lipinski definition) is 1. The number of nitrogens with one attached hydrogen (secondary N) is 1. The smallest absolute Gasteiger partial charge is 0.247 e. The first-order chi connectivity index (χ1) is 6.75. The summed E-state index contributed by atoms with van der Waals surface area (Å²) in [5.74, 6) is 0. The minimum Gasteiger partial charge on any atom is -0.328 e. The van der Waals surface area contributed by atoms with Crippen LogP contribution in [-0.4, -0.2) is 9.97 Å². The molecule has 0 spiro atoms. The molecule has 2 heterocycles. The van der Waals surface area contributed by atoms with Crippen molar-refractivity contribution in [2.45, 2.75) is 6.92 Å². The second-order valence-electron chi connectivity index (χ2n) is 3.11. The summed E-state index contributed by atoms with van der Waals surface area (Å²) in [5.41, 5.74) is 2.67. The number of nitrogens with zero attached hydrogens (tertiary/aromatic N) is 1. The highest BCUT2D eigenvalue weighted by Crippen LogP contribution is 2.13. The second kappa shape index (κ2) is 3.46. The fraction of sp³-hybridized carbons (Fsp3) is 0.0909. The summed E-state index contributed by atoms with van der Waals surface area (Å²) in [6.07, 6.45) is 1.67. The normalized spacial score (nSPS) is 10.1. The minimum atomic E-state index is -0.0959. The summed E-state index contributed by atoms with van der Waals surface area (Å²) in [6.45, 7) is 1.94. The van der Waals surface area contributed by atoms with Gasteiger partial charge in [0.25, 0.3) is 0 Å². The van der Waals surface area contributed by atoms with Crippen molar-refractivity contribution >= 4 is 0 Å². The third-order valence-electron chi connectivity index (χ3n) is 1.97. The van der Waals surface area contributed by atoms with Gasteiger partial charge in [-0.05, 0) is 25.1 Å². The summed E-state index contributed by atoms with van der Waals surface area (Å²) in [6, 6.07) is 9.07. The molecule has 0 aliphatic rings. The van der Waals surface area contributed by atoms with Gasteiger partial charge in [0.2, 0.25) is 5.56 Å². The van der Waals surface area contributed by atoms with Crippen LogP contribution in [0.3, 0.4) is 0 Å². The zero-order valence-corrected chi connectivity index (χ0v) is 7.82. The number of aromatic nitrogens is 2. The summed E-state index contributed by atoms with van der Waals surface area (Å²) in [7, 11) is 0. The summed E-state index contributed by atoms with van der Waals surface area (Å²) < 4.78 is 0. The van der Waals surface area contributed by atoms with Gasteiger partial charge in [-0.15, -0.1) is 0 Å². The number of rotatable bonds is 1. The molecule has 2 rings (SSSR count). The Bertz CT molecular complexity index is 482. The second-order valence-corrected chi connectivity index (χ2v) is 3.11. The van der Waals surface area contributed by atoms with E-state index in [2.05, 4.69) is 9.97 Å². The van der Waals surface area contributed by atoms with Crippen LogP contribution >= 0.6 is 0 Å². The van der Waals surface area contributed by atoms with E-state index in [9.17, 15) is 4.79 Å². The van der Waals surface area contributed by atoms with Gasteiger partial charge in [0.15, 0.2) is 0 Å². The molecule has 0 radical (unpaired) electrons. The van der Waals surface area contributed by atoms with Crippen LogP contribution in [0.15, 0.2) is 41.3 Å². The average Bonchev–Trinajstić information content (AvgIpc) is 2.19. The van der Waals surface area contributed by atoms with Gasteiger partial charge >= 0.3 is 0 Å².